The molecule has 0 aliphatic carbocycles. The van der Waals surface area contributed by atoms with E-state index in [2.05, 4.69) is 10.1 Å². The lowest BCUT2D eigenvalue weighted by Gasteiger charge is -2.24. The molecule has 0 aromatic rings. The van der Waals surface area contributed by atoms with Crippen molar-refractivity contribution in [3.63, 3.8) is 0 Å². The van der Waals surface area contributed by atoms with Gasteiger partial charge in [-0.15, -0.1) is 0 Å². The molecule has 0 radical (unpaired) electrons. The minimum atomic E-state index is -0.820. The van der Waals surface area contributed by atoms with E-state index in [0.29, 0.717) is 0 Å². The van der Waals surface area contributed by atoms with E-state index >= 15 is 0 Å². The summed E-state index contributed by atoms with van der Waals surface area (Å²) in [4.78, 5) is 11.0. The molecule has 0 saturated carbocycles. The average molecular weight is 199 g/mol. The highest BCUT2D eigenvalue weighted by atomic mass is 16.5. The van der Waals surface area contributed by atoms with E-state index in [-0.39, 0.29) is 12.0 Å². The molecule has 0 amide bonds. The lowest BCUT2D eigenvalue weighted by molar-refractivity contribution is -0.134. The summed E-state index contributed by atoms with van der Waals surface area (Å²) in [5.41, 5.74) is -0.0887. The van der Waals surface area contributed by atoms with E-state index < -0.39 is 11.6 Å². The molecule has 14 heavy (non-hydrogen) atoms. The molecule has 1 aliphatic heterocycles. The molecule has 2 N–H and O–H groups in total. The normalized spacial score (nSPS) is 39.6. The molecular weight excluding hydrogens is 182 g/mol. The van der Waals surface area contributed by atoms with Gasteiger partial charge >= 0.3 is 5.97 Å². The van der Waals surface area contributed by atoms with Crippen LogP contribution in [-0.4, -0.2) is 29.8 Å². The molecule has 1 fully saturated rings. The molecule has 3 atom stereocenters. The summed E-state index contributed by atoms with van der Waals surface area (Å²) in [5.74, 6) is -0.485. The van der Waals surface area contributed by atoms with Crippen LogP contribution in [0.1, 0.15) is 20.8 Å². The van der Waals surface area contributed by atoms with E-state index in [9.17, 15) is 9.90 Å². The highest BCUT2D eigenvalue weighted by Gasteiger charge is 2.43. The zero-order valence-electron chi connectivity index (χ0n) is 9.00. The Bertz CT molecular complexity index is 271. The van der Waals surface area contributed by atoms with Gasteiger partial charge in [-0.3, -0.25) is 0 Å². The van der Waals surface area contributed by atoms with Crippen LogP contribution in [-0.2, 0) is 9.53 Å². The smallest absolute Gasteiger partial charge is 0.332 e. The fourth-order valence-corrected chi connectivity index (χ4v) is 1.56. The molecule has 4 nitrogen and oxygen atoms in total. The number of nitrogens with one attached hydrogen (secondary N) is 1. The summed E-state index contributed by atoms with van der Waals surface area (Å²) in [7, 11) is 1.33. The van der Waals surface area contributed by atoms with Crippen molar-refractivity contribution in [2.75, 3.05) is 7.11 Å². The largest absolute Gasteiger partial charge is 0.466 e. The van der Waals surface area contributed by atoms with Crippen LogP contribution in [0, 0.1) is 5.92 Å². The Labute approximate surface area is 83.9 Å². The summed E-state index contributed by atoms with van der Waals surface area (Å²) in [6, 6.07) is -0.0617. The minimum Gasteiger partial charge on any atom is -0.466 e. The lowest BCUT2D eigenvalue weighted by atomic mass is 9.88. The van der Waals surface area contributed by atoms with Gasteiger partial charge < -0.3 is 15.2 Å². The number of carbonyl (C=O) groups excluding carboxylic acids is 1. The van der Waals surface area contributed by atoms with Crippen molar-refractivity contribution < 1.29 is 14.6 Å². The van der Waals surface area contributed by atoms with Crippen molar-refractivity contribution in [2.45, 2.75) is 32.4 Å². The number of methoxy groups -OCH3 is 1. The zero-order chi connectivity index (χ0) is 10.9. The molecule has 80 valence electrons. The molecule has 1 saturated heterocycles. The van der Waals surface area contributed by atoms with Gasteiger partial charge in [-0.2, -0.15) is 0 Å². The summed E-state index contributed by atoms with van der Waals surface area (Å²) in [6.07, 6.45) is 1.39. The number of hydrogen-bond acceptors (Lipinski definition) is 4. The van der Waals surface area contributed by atoms with Gasteiger partial charge in [0.2, 0.25) is 0 Å². The first-order chi connectivity index (χ1) is 6.39. The highest BCUT2D eigenvalue weighted by Crippen LogP contribution is 2.33. The standard InChI is InChI=1S/C10H17NO3/c1-6-8(5-9(12)14-4)11-7(2)10(6,3)13/h5-7,11,13H,1-4H3/b8-5-. The molecule has 1 heterocycles. The maximum atomic E-state index is 11.0. The molecule has 0 spiro atoms. The Kier molecular flexibility index (Phi) is 2.85. The molecule has 0 aromatic carbocycles. The van der Waals surface area contributed by atoms with Gasteiger partial charge in [0.25, 0.3) is 0 Å². The van der Waals surface area contributed by atoms with Crippen molar-refractivity contribution in [1.82, 2.24) is 5.32 Å². The molecule has 1 rings (SSSR count). The van der Waals surface area contributed by atoms with Crippen LogP contribution in [0.5, 0.6) is 0 Å². The fraction of sp³-hybridized carbons (Fsp3) is 0.700. The summed E-state index contributed by atoms with van der Waals surface area (Å²) < 4.78 is 4.53. The van der Waals surface area contributed by atoms with E-state index in [1.54, 1.807) is 6.92 Å². The second-order valence-corrected chi connectivity index (χ2v) is 3.94. The summed E-state index contributed by atoms with van der Waals surface area (Å²) in [6.45, 7) is 5.52. The third-order valence-corrected chi connectivity index (χ3v) is 3.08. The average Bonchev–Trinajstić information content (AvgIpc) is 2.30. The molecule has 4 heteroatoms. The number of carbonyl (C=O) groups is 1. The van der Waals surface area contributed by atoms with Crippen LogP contribution in [0.2, 0.25) is 0 Å². The molecule has 0 bridgehead atoms. The van der Waals surface area contributed by atoms with Gasteiger partial charge in [0, 0.05) is 17.7 Å². The fourth-order valence-electron chi connectivity index (χ4n) is 1.56. The van der Waals surface area contributed by atoms with Gasteiger partial charge in [0.05, 0.1) is 18.8 Å². The van der Waals surface area contributed by atoms with Crippen LogP contribution < -0.4 is 5.32 Å². The van der Waals surface area contributed by atoms with Gasteiger partial charge in [-0.25, -0.2) is 4.79 Å². The topological polar surface area (TPSA) is 58.6 Å². The third-order valence-electron chi connectivity index (χ3n) is 3.08. The number of ether oxygens (including phenoxy) is 1. The molecule has 0 aromatic heterocycles. The van der Waals surface area contributed by atoms with Crippen LogP contribution >= 0.6 is 0 Å². The van der Waals surface area contributed by atoms with Crippen LogP contribution in [0.15, 0.2) is 11.8 Å². The van der Waals surface area contributed by atoms with Crippen LogP contribution in [0.4, 0.5) is 0 Å². The molecule has 3 unspecified atom stereocenters. The summed E-state index contributed by atoms with van der Waals surface area (Å²) >= 11 is 0. The minimum absolute atomic E-state index is 0.0617. The third kappa shape index (κ3) is 1.75. The van der Waals surface area contributed by atoms with E-state index in [0.717, 1.165) is 5.70 Å². The second kappa shape index (κ2) is 3.61. The Morgan fingerprint density at radius 2 is 2.21 bits per heavy atom. The van der Waals surface area contributed by atoms with Crippen molar-refractivity contribution >= 4 is 5.97 Å². The Morgan fingerprint density at radius 3 is 2.57 bits per heavy atom. The van der Waals surface area contributed by atoms with Crippen LogP contribution in [0.3, 0.4) is 0 Å². The Morgan fingerprint density at radius 1 is 1.64 bits per heavy atom. The second-order valence-electron chi connectivity index (χ2n) is 3.94. The lowest BCUT2D eigenvalue weighted by Crippen LogP contribution is -2.40. The highest BCUT2D eigenvalue weighted by molar-refractivity contribution is 5.82. The first kappa shape index (κ1) is 11.0. The number of hydrogen-bond donors (Lipinski definition) is 2. The predicted molar refractivity (Wildman–Crippen MR) is 52.5 cm³/mol. The first-order valence-corrected chi connectivity index (χ1v) is 4.68. The first-order valence-electron chi connectivity index (χ1n) is 4.68. The van der Waals surface area contributed by atoms with E-state index in [1.165, 1.54) is 13.2 Å². The molecular formula is C10H17NO3. The molecule has 1 aliphatic rings. The number of aliphatic hydroxyl groups is 1. The quantitative estimate of drug-likeness (QED) is 0.475. The maximum Gasteiger partial charge on any atom is 0.332 e. The van der Waals surface area contributed by atoms with Crippen LogP contribution in [0.25, 0.3) is 0 Å². The van der Waals surface area contributed by atoms with Crippen molar-refractivity contribution in [2.24, 2.45) is 5.92 Å². The van der Waals surface area contributed by atoms with E-state index in [4.69, 9.17) is 0 Å². The van der Waals surface area contributed by atoms with Gasteiger partial charge in [-0.1, -0.05) is 6.92 Å². The predicted octanol–water partition coefficient (Wildman–Crippen LogP) is 0.422. The van der Waals surface area contributed by atoms with Gasteiger partial charge in [0.1, 0.15) is 0 Å². The Hall–Kier alpha value is -1.03. The van der Waals surface area contributed by atoms with Crippen molar-refractivity contribution in [3.05, 3.63) is 11.8 Å². The van der Waals surface area contributed by atoms with E-state index in [1.807, 2.05) is 13.8 Å². The monoisotopic (exact) mass is 199 g/mol. The zero-order valence-corrected chi connectivity index (χ0v) is 9.00. The van der Waals surface area contributed by atoms with Crippen molar-refractivity contribution in [1.29, 1.82) is 0 Å². The Balaban J connectivity index is 2.86. The maximum absolute atomic E-state index is 11.0. The van der Waals surface area contributed by atoms with Crippen molar-refractivity contribution in [3.8, 4) is 0 Å². The number of rotatable bonds is 1. The van der Waals surface area contributed by atoms with Gasteiger partial charge in [-0.05, 0) is 13.8 Å². The summed E-state index contributed by atoms with van der Waals surface area (Å²) in [5, 5.41) is 13.1. The SMILES string of the molecule is COC(=O)/C=C1\NC(C)C(C)(O)C1C. The van der Waals surface area contributed by atoms with Gasteiger partial charge in [0.15, 0.2) is 0 Å². The number of esters is 1.